The maximum Gasteiger partial charge on any atom is 0.567 e. The number of para-hydroxylation sites is 1. The number of rotatable bonds is 2. The zero-order chi connectivity index (χ0) is 17.6. The second kappa shape index (κ2) is 10.1. The topological polar surface area (TPSA) is 129 Å². The van der Waals surface area contributed by atoms with Gasteiger partial charge in [0.05, 0.1) is 5.52 Å². The first-order valence-corrected chi connectivity index (χ1v) is 7.46. The van der Waals surface area contributed by atoms with Gasteiger partial charge in [-0.1, -0.05) is 24.3 Å². The van der Waals surface area contributed by atoms with Crippen molar-refractivity contribution in [2.75, 3.05) is 0 Å². The largest absolute Gasteiger partial charge is 0.567 e. The molecule has 8 heteroatoms. The van der Waals surface area contributed by atoms with Crippen molar-refractivity contribution in [3.63, 3.8) is 0 Å². The summed E-state index contributed by atoms with van der Waals surface area (Å²) >= 11 is 0. The minimum absolute atomic E-state index is 0. The van der Waals surface area contributed by atoms with Gasteiger partial charge in [-0.25, -0.2) is 15.0 Å². The Kier molecular flexibility index (Phi) is 8.16. The molecule has 0 atom stereocenters. The van der Waals surface area contributed by atoms with Gasteiger partial charge in [-0.15, -0.1) is 0 Å². The summed E-state index contributed by atoms with van der Waals surface area (Å²) in [5.41, 5.74) is 1.97. The van der Waals surface area contributed by atoms with E-state index in [0.29, 0.717) is 17.6 Å². The van der Waals surface area contributed by atoms with Crippen molar-refractivity contribution >= 4 is 34.2 Å². The number of nitrogens with zero attached hydrogens (tertiary/aromatic N) is 3. The van der Waals surface area contributed by atoms with Crippen LogP contribution in [0, 0.1) is 0 Å². The normalized spacial score (nSPS) is 9.33. The van der Waals surface area contributed by atoms with Gasteiger partial charge in [0.25, 0.3) is 0 Å². The molecule has 0 unspecified atom stereocenters. The van der Waals surface area contributed by atoms with Crippen molar-refractivity contribution in [3.8, 4) is 0 Å². The molecular weight excluding hydrogens is 398 g/mol. The van der Waals surface area contributed by atoms with E-state index < -0.39 is 5.97 Å². The third kappa shape index (κ3) is 5.39. The molecule has 0 bridgehead atoms. The van der Waals surface area contributed by atoms with Crippen LogP contribution in [0.2, 0.25) is 0 Å². The van der Waals surface area contributed by atoms with Gasteiger partial charge in [-0.3, -0.25) is 4.79 Å². The van der Waals surface area contributed by atoms with Crippen LogP contribution in [0.1, 0.15) is 21.0 Å². The molecule has 3 aromatic heterocycles. The fourth-order valence-electron chi connectivity index (χ4n) is 2.23. The van der Waals surface area contributed by atoms with E-state index in [9.17, 15) is 9.59 Å². The zero-order valence-electron chi connectivity index (χ0n) is 14.0. The van der Waals surface area contributed by atoms with Crippen molar-refractivity contribution in [3.05, 3.63) is 78.2 Å². The molecule has 3 heterocycles. The van der Waals surface area contributed by atoms with E-state index in [2.05, 4.69) is 15.0 Å². The van der Waals surface area contributed by atoms with Crippen LogP contribution >= 0.6 is 0 Å². The minimum atomic E-state index is -0.745. The third-order valence-electron chi connectivity index (χ3n) is 3.44. The molecule has 0 fully saturated rings. The second-order valence-electron chi connectivity index (χ2n) is 5.12. The Morgan fingerprint density at radius 2 is 1.59 bits per heavy atom. The Labute approximate surface area is 164 Å². The molecule has 0 saturated heterocycles. The van der Waals surface area contributed by atoms with E-state index in [0.717, 1.165) is 16.3 Å². The summed E-state index contributed by atoms with van der Waals surface area (Å²) in [6.45, 7) is 0. The molecule has 4 rings (SSSR count). The van der Waals surface area contributed by atoms with Crippen LogP contribution in [0.15, 0.2) is 66.9 Å². The van der Waals surface area contributed by atoms with Gasteiger partial charge >= 0.3 is 5.97 Å². The molecule has 141 valence electrons. The van der Waals surface area contributed by atoms with Gasteiger partial charge in [0, 0.05) is 38.8 Å². The molecule has 0 aliphatic rings. The van der Waals surface area contributed by atoms with Gasteiger partial charge < -0.3 is 10.6 Å². The van der Waals surface area contributed by atoms with Gasteiger partial charge in [0.1, 0.15) is 5.69 Å². The Morgan fingerprint density at radius 3 is 2.33 bits per heavy atom. The number of carbonyl (C=O) groups excluding carboxylic acids is 2. The van der Waals surface area contributed by atoms with Gasteiger partial charge in [0.15, 0.2) is 11.9 Å². The summed E-state index contributed by atoms with van der Waals surface area (Å²) in [6.07, 6.45) is 2.37. The smallest absolute Gasteiger partial charge is 0.560 e. The standard InChI is InChI=1S/C10H7NO2.C9H6N2O.Cu.H2O/c12-10(13)9-6-5-7-3-1-2-4-8(7)11-9;12-6-8-4-3-7-2-1-5-10-9(7)11-8;;/h1-6H,(H,12,13);1-6H;;1H2/p+2. The first-order chi connectivity index (χ1) is 12.2. The molecule has 0 aliphatic heterocycles. The third-order valence-corrected chi connectivity index (χ3v) is 3.44. The zero-order valence-corrected chi connectivity index (χ0v) is 14.9. The number of carbonyl (C=O) groups is 2. The quantitative estimate of drug-likeness (QED) is 0.279. The summed E-state index contributed by atoms with van der Waals surface area (Å²) in [4.78, 5) is 33.1. The predicted octanol–water partition coefficient (Wildman–Crippen LogP) is 1.62. The molecule has 0 aliphatic carbocycles. The number of benzene rings is 1. The molecule has 0 saturated carbocycles. The Bertz CT molecular complexity index is 1070. The Morgan fingerprint density at radius 1 is 0.889 bits per heavy atom. The van der Waals surface area contributed by atoms with Crippen molar-refractivity contribution in [1.82, 2.24) is 15.0 Å². The Balaban J connectivity index is 0.000000252. The van der Waals surface area contributed by atoms with Crippen LogP contribution in [0.4, 0.5) is 0 Å². The van der Waals surface area contributed by atoms with Crippen LogP contribution in [0.25, 0.3) is 21.9 Å². The number of fused-ring (bicyclic) bond motifs is 2. The average molecular weight is 415 g/mol. The van der Waals surface area contributed by atoms with Crippen LogP contribution in [-0.2, 0) is 22.5 Å². The molecule has 4 aromatic rings. The summed E-state index contributed by atoms with van der Waals surface area (Å²) < 4.78 is 0. The summed E-state index contributed by atoms with van der Waals surface area (Å²) in [6, 6.07) is 18.1. The summed E-state index contributed by atoms with van der Waals surface area (Å²) in [7, 11) is 0. The Hall–Kier alpha value is -3.19. The maximum absolute atomic E-state index is 10.7. The van der Waals surface area contributed by atoms with Crippen molar-refractivity contribution < 1.29 is 37.2 Å². The molecule has 27 heavy (non-hydrogen) atoms. The predicted molar refractivity (Wildman–Crippen MR) is 99.5 cm³/mol. The summed E-state index contributed by atoms with van der Waals surface area (Å²) in [5.74, 6) is -0.745. The first-order valence-electron chi connectivity index (χ1n) is 7.46. The minimum Gasteiger partial charge on any atom is -0.560 e. The average Bonchev–Trinajstić information content (AvgIpc) is 2.67. The van der Waals surface area contributed by atoms with E-state index in [1.54, 1.807) is 24.4 Å². The molecule has 0 spiro atoms. The molecule has 5 N–H and O–H groups in total. The number of hydrogen-bond donors (Lipinski definition) is 0. The second-order valence-corrected chi connectivity index (χ2v) is 5.12. The number of aldehydes is 1. The van der Waals surface area contributed by atoms with Gasteiger partial charge in [-0.05, 0) is 36.4 Å². The number of pyridine rings is 3. The first kappa shape index (κ1) is 21.9. The number of hydrogen-bond acceptors (Lipinski definition) is 5. The summed E-state index contributed by atoms with van der Waals surface area (Å²) in [5, 5.41) is 8.82. The molecule has 1 aromatic carbocycles. The van der Waals surface area contributed by atoms with E-state index in [1.807, 2.05) is 42.5 Å². The monoisotopic (exact) mass is 414 g/mol. The fraction of sp³-hybridized carbons (Fsp3) is 0. The molecule has 0 amide bonds. The fourth-order valence-corrected chi connectivity index (χ4v) is 2.23. The van der Waals surface area contributed by atoms with Crippen molar-refractivity contribution in [1.29, 1.82) is 0 Å². The van der Waals surface area contributed by atoms with E-state index in [-0.39, 0.29) is 28.2 Å². The van der Waals surface area contributed by atoms with E-state index >= 15 is 0 Å². The molecule has 1 radical (unpaired) electrons. The van der Waals surface area contributed by atoms with Crippen LogP contribution in [-0.4, -0.2) is 32.3 Å². The van der Waals surface area contributed by atoms with Gasteiger partial charge in [-0.2, -0.15) is 0 Å². The van der Waals surface area contributed by atoms with Crippen LogP contribution in [0.3, 0.4) is 0 Å². The number of aromatic nitrogens is 3. The van der Waals surface area contributed by atoms with Crippen LogP contribution in [0.5, 0.6) is 0 Å². The SMILES string of the molecule is O=C([OH2+])c1ccc2ccccc2n1.O=Cc1ccc2cccnc2n1.[Cu].[OH3+]. The molecular formula is C19H17CuN3O4+2. The van der Waals surface area contributed by atoms with Crippen molar-refractivity contribution in [2.45, 2.75) is 0 Å². The van der Waals surface area contributed by atoms with E-state index in [1.165, 1.54) is 0 Å². The van der Waals surface area contributed by atoms with Crippen LogP contribution < -0.4 is 0 Å². The van der Waals surface area contributed by atoms with Crippen molar-refractivity contribution in [2.24, 2.45) is 0 Å². The maximum atomic E-state index is 10.7. The van der Waals surface area contributed by atoms with Gasteiger partial charge in [0.2, 0.25) is 5.69 Å². The van der Waals surface area contributed by atoms with E-state index in [4.69, 9.17) is 5.11 Å². The molecule has 7 nitrogen and oxygen atoms in total.